The molecule has 168 valence electrons. The molecule has 0 radical (unpaired) electrons. The third kappa shape index (κ3) is 7.17. The van der Waals surface area contributed by atoms with Gasteiger partial charge in [0.15, 0.2) is 0 Å². The Morgan fingerprint density at radius 3 is 2.35 bits per heavy atom. The van der Waals surface area contributed by atoms with Crippen LogP contribution in [0, 0.1) is 11.7 Å². The fourth-order valence-electron chi connectivity index (χ4n) is 4.16. The Bertz CT molecular complexity index is 830. The van der Waals surface area contributed by atoms with Gasteiger partial charge in [-0.25, -0.2) is 4.39 Å². The van der Waals surface area contributed by atoms with E-state index in [1.807, 2.05) is 36.3 Å². The van der Waals surface area contributed by atoms with E-state index < -0.39 is 0 Å². The van der Waals surface area contributed by atoms with Gasteiger partial charge in [0.25, 0.3) is 0 Å². The van der Waals surface area contributed by atoms with Crippen LogP contribution in [0.2, 0.25) is 0 Å². The lowest BCUT2D eigenvalue weighted by Crippen LogP contribution is -2.48. The molecule has 31 heavy (non-hydrogen) atoms. The molecule has 0 saturated heterocycles. The number of halogens is 1. The van der Waals surface area contributed by atoms with Crippen molar-refractivity contribution in [3.05, 3.63) is 58.0 Å². The molecule has 2 amide bonds. The van der Waals surface area contributed by atoms with E-state index in [2.05, 4.69) is 0 Å². The zero-order valence-electron chi connectivity index (χ0n) is 18.6. The van der Waals surface area contributed by atoms with Gasteiger partial charge in [0, 0.05) is 23.9 Å². The van der Waals surface area contributed by atoms with Crippen LogP contribution in [0.25, 0.3) is 0 Å². The van der Waals surface area contributed by atoms with Crippen LogP contribution in [0.15, 0.2) is 41.8 Å². The highest BCUT2D eigenvalue weighted by molar-refractivity contribution is 7.09. The van der Waals surface area contributed by atoms with Gasteiger partial charge in [0.1, 0.15) is 12.4 Å². The van der Waals surface area contributed by atoms with Crippen LogP contribution in [0.3, 0.4) is 0 Å². The molecule has 0 unspecified atom stereocenters. The topological polar surface area (TPSA) is 40.6 Å². The van der Waals surface area contributed by atoms with Crippen LogP contribution in [0.1, 0.15) is 62.8 Å². The molecule has 0 aliphatic heterocycles. The number of hydrogen-bond acceptors (Lipinski definition) is 3. The van der Waals surface area contributed by atoms with E-state index in [1.165, 1.54) is 18.6 Å². The van der Waals surface area contributed by atoms with E-state index in [4.69, 9.17) is 0 Å². The molecule has 6 heteroatoms. The molecule has 0 bridgehead atoms. The summed E-state index contributed by atoms with van der Waals surface area (Å²) >= 11 is 1.61. The molecular formula is C25H33FN2O2S. The lowest BCUT2D eigenvalue weighted by molar-refractivity contribution is -0.144. The Morgan fingerprint density at radius 2 is 1.74 bits per heavy atom. The quantitative estimate of drug-likeness (QED) is 0.503. The highest BCUT2D eigenvalue weighted by atomic mass is 32.1. The van der Waals surface area contributed by atoms with Crippen molar-refractivity contribution in [2.45, 2.75) is 71.5 Å². The van der Waals surface area contributed by atoms with Crippen molar-refractivity contribution < 1.29 is 14.0 Å². The minimum absolute atomic E-state index is 0.0552. The summed E-state index contributed by atoms with van der Waals surface area (Å²) in [6, 6.07) is 10.4. The summed E-state index contributed by atoms with van der Waals surface area (Å²) in [4.78, 5) is 31.2. The maximum absolute atomic E-state index is 13.4. The summed E-state index contributed by atoms with van der Waals surface area (Å²) in [6.45, 7) is 5.08. The molecule has 1 saturated carbocycles. The van der Waals surface area contributed by atoms with E-state index in [-0.39, 0.29) is 36.1 Å². The SMILES string of the molecule is CC(C)CC(=O)N(CC(=O)N(Cc1ccc(F)cc1)Cc1cccs1)C1CCCCC1. The molecule has 1 aliphatic carbocycles. The van der Waals surface area contributed by atoms with Gasteiger partial charge in [-0.2, -0.15) is 0 Å². The highest BCUT2D eigenvalue weighted by Gasteiger charge is 2.29. The second kappa shape index (κ2) is 11.4. The Kier molecular flexibility index (Phi) is 8.64. The molecule has 0 atom stereocenters. The van der Waals surface area contributed by atoms with E-state index in [0.29, 0.717) is 19.5 Å². The summed E-state index contributed by atoms with van der Waals surface area (Å²) in [6.07, 6.45) is 5.83. The smallest absolute Gasteiger partial charge is 0.242 e. The van der Waals surface area contributed by atoms with E-state index in [0.717, 1.165) is 36.1 Å². The van der Waals surface area contributed by atoms with Gasteiger partial charge < -0.3 is 9.80 Å². The normalized spacial score (nSPS) is 14.6. The van der Waals surface area contributed by atoms with Gasteiger partial charge in [0.2, 0.25) is 11.8 Å². The predicted molar refractivity (Wildman–Crippen MR) is 123 cm³/mol. The number of carbonyl (C=O) groups is 2. The summed E-state index contributed by atoms with van der Waals surface area (Å²) < 4.78 is 13.3. The number of carbonyl (C=O) groups excluding carboxylic acids is 2. The maximum Gasteiger partial charge on any atom is 0.242 e. The molecule has 4 nitrogen and oxygen atoms in total. The molecule has 0 spiro atoms. The number of hydrogen-bond donors (Lipinski definition) is 0. The summed E-state index contributed by atoms with van der Waals surface area (Å²) in [5, 5.41) is 2.00. The molecule has 1 heterocycles. The van der Waals surface area contributed by atoms with Crippen LogP contribution in [-0.2, 0) is 22.7 Å². The lowest BCUT2D eigenvalue weighted by atomic mass is 9.93. The second-order valence-electron chi connectivity index (χ2n) is 8.87. The van der Waals surface area contributed by atoms with Gasteiger partial charge in [-0.15, -0.1) is 11.3 Å². The Morgan fingerprint density at radius 1 is 1.03 bits per heavy atom. The predicted octanol–water partition coefficient (Wildman–Crippen LogP) is 5.62. The van der Waals surface area contributed by atoms with Crippen LogP contribution < -0.4 is 0 Å². The minimum Gasteiger partial charge on any atom is -0.332 e. The van der Waals surface area contributed by atoms with Crippen LogP contribution >= 0.6 is 11.3 Å². The maximum atomic E-state index is 13.4. The third-order valence-corrected chi connectivity index (χ3v) is 6.65. The van der Waals surface area contributed by atoms with Crippen molar-refractivity contribution in [3.63, 3.8) is 0 Å². The van der Waals surface area contributed by atoms with Gasteiger partial charge in [-0.05, 0) is 47.9 Å². The van der Waals surface area contributed by atoms with Crippen LogP contribution in [0.4, 0.5) is 4.39 Å². The first-order valence-electron chi connectivity index (χ1n) is 11.3. The fraction of sp³-hybridized carbons (Fsp3) is 0.520. The van der Waals surface area contributed by atoms with Crippen LogP contribution in [-0.4, -0.2) is 34.2 Å². The van der Waals surface area contributed by atoms with E-state index in [9.17, 15) is 14.0 Å². The van der Waals surface area contributed by atoms with Crippen molar-refractivity contribution >= 4 is 23.2 Å². The fourth-order valence-corrected chi connectivity index (χ4v) is 4.88. The number of benzene rings is 1. The molecule has 1 aromatic heterocycles. The number of thiophene rings is 1. The number of amides is 2. The third-order valence-electron chi connectivity index (χ3n) is 5.79. The Hall–Kier alpha value is -2.21. The van der Waals surface area contributed by atoms with Crippen molar-refractivity contribution in [2.24, 2.45) is 5.92 Å². The number of nitrogens with zero attached hydrogens (tertiary/aromatic N) is 2. The van der Waals surface area contributed by atoms with Gasteiger partial charge in [-0.1, -0.05) is 51.3 Å². The molecule has 1 aliphatic rings. The highest BCUT2D eigenvalue weighted by Crippen LogP contribution is 2.24. The van der Waals surface area contributed by atoms with Crippen LogP contribution in [0.5, 0.6) is 0 Å². The first kappa shape index (κ1) is 23.5. The van der Waals surface area contributed by atoms with Crippen molar-refractivity contribution in [1.82, 2.24) is 9.80 Å². The largest absolute Gasteiger partial charge is 0.332 e. The van der Waals surface area contributed by atoms with E-state index in [1.54, 1.807) is 28.4 Å². The Labute approximate surface area is 189 Å². The second-order valence-corrected chi connectivity index (χ2v) is 9.90. The van der Waals surface area contributed by atoms with Crippen molar-refractivity contribution in [3.8, 4) is 0 Å². The summed E-state index contributed by atoms with van der Waals surface area (Å²) in [5.74, 6) is -0.00807. The average Bonchev–Trinajstić information content (AvgIpc) is 3.26. The lowest BCUT2D eigenvalue weighted by Gasteiger charge is -2.36. The zero-order chi connectivity index (χ0) is 22.2. The first-order chi connectivity index (χ1) is 14.9. The molecule has 1 aromatic carbocycles. The van der Waals surface area contributed by atoms with Gasteiger partial charge >= 0.3 is 0 Å². The monoisotopic (exact) mass is 444 g/mol. The number of rotatable bonds is 9. The molecule has 2 aromatic rings. The summed E-state index contributed by atoms with van der Waals surface area (Å²) in [5.41, 5.74) is 0.879. The average molecular weight is 445 g/mol. The van der Waals surface area contributed by atoms with E-state index >= 15 is 0 Å². The zero-order valence-corrected chi connectivity index (χ0v) is 19.4. The molecule has 3 rings (SSSR count). The standard InChI is InChI=1S/C25H33FN2O2S/c1-19(2)15-24(29)28(22-7-4-3-5-8-22)18-25(30)27(17-23-9-6-14-31-23)16-20-10-12-21(26)13-11-20/h6,9-14,19,22H,3-5,7-8,15-18H2,1-2H3. The first-order valence-corrected chi connectivity index (χ1v) is 12.1. The minimum atomic E-state index is -0.289. The molecular weight excluding hydrogens is 411 g/mol. The van der Waals surface area contributed by atoms with Gasteiger partial charge in [0.05, 0.1) is 6.54 Å². The Balaban J connectivity index is 1.77. The van der Waals surface area contributed by atoms with Gasteiger partial charge in [-0.3, -0.25) is 9.59 Å². The molecule has 1 fully saturated rings. The summed E-state index contributed by atoms with van der Waals surface area (Å²) in [7, 11) is 0. The van der Waals surface area contributed by atoms with Crippen molar-refractivity contribution in [1.29, 1.82) is 0 Å². The molecule has 0 N–H and O–H groups in total. The van der Waals surface area contributed by atoms with Crippen molar-refractivity contribution in [2.75, 3.05) is 6.54 Å².